The van der Waals surface area contributed by atoms with Crippen molar-refractivity contribution in [2.75, 3.05) is 19.3 Å². The van der Waals surface area contributed by atoms with Gasteiger partial charge in [0.25, 0.3) is 5.91 Å². The third-order valence-corrected chi connectivity index (χ3v) is 5.45. The van der Waals surface area contributed by atoms with Gasteiger partial charge in [0.2, 0.25) is 0 Å². The van der Waals surface area contributed by atoms with Crippen LogP contribution in [0.15, 0.2) is 16.5 Å². The summed E-state index contributed by atoms with van der Waals surface area (Å²) in [6.07, 6.45) is 6.89. The molecule has 2 heterocycles. The lowest BCUT2D eigenvalue weighted by Crippen LogP contribution is -2.54. The van der Waals surface area contributed by atoms with E-state index in [0.717, 1.165) is 37.2 Å². The molecule has 0 radical (unpaired) electrons. The van der Waals surface area contributed by atoms with Crippen LogP contribution in [-0.2, 0) is 5.75 Å². The molecular formula is C16H23NO3S. The molecule has 21 heavy (non-hydrogen) atoms. The van der Waals surface area contributed by atoms with E-state index in [2.05, 4.69) is 0 Å². The largest absolute Gasteiger partial charge is 0.455 e. The summed E-state index contributed by atoms with van der Waals surface area (Å²) >= 11 is 1.68. The minimum Gasteiger partial charge on any atom is -0.455 e. The van der Waals surface area contributed by atoms with Crippen molar-refractivity contribution in [1.29, 1.82) is 0 Å². The lowest BCUT2D eigenvalue weighted by atomic mass is 9.71. The van der Waals surface area contributed by atoms with Crippen molar-refractivity contribution >= 4 is 17.7 Å². The van der Waals surface area contributed by atoms with Crippen LogP contribution in [0.5, 0.6) is 0 Å². The van der Waals surface area contributed by atoms with Crippen LogP contribution >= 0.6 is 11.8 Å². The number of piperidine rings is 1. The summed E-state index contributed by atoms with van der Waals surface area (Å²) in [4.78, 5) is 14.4. The number of rotatable bonds is 3. The molecule has 2 atom stereocenters. The number of amides is 1. The molecular weight excluding hydrogens is 286 g/mol. The van der Waals surface area contributed by atoms with Gasteiger partial charge in [-0.2, -0.15) is 11.8 Å². The Labute approximate surface area is 129 Å². The van der Waals surface area contributed by atoms with Gasteiger partial charge in [-0.05, 0) is 37.7 Å². The molecule has 4 nitrogen and oxygen atoms in total. The molecule has 1 aliphatic carbocycles. The summed E-state index contributed by atoms with van der Waals surface area (Å²) in [6, 6.07) is 3.65. The second-order valence-corrected chi connectivity index (χ2v) is 7.11. The molecule has 3 rings (SSSR count). The van der Waals surface area contributed by atoms with Gasteiger partial charge in [-0.25, -0.2) is 0 Å². The minimum absolute atomic E-state index is 0.0324. The van der Waals surface area contributed by atoms with Crippen molar-refractivity contribution < 1.29 is 14.3 Å². The van der Waals surface area contributed by atoms with Gasteiger partial charge >= 0.3 is 0 Å². The number of hydrogen-bond acceptors (Lipinski definition) is 4. The molecule has 1 saturated carbocycles. The Morgan fingerprint density at radius 3 is 3.14 bits per heavy atom. The molecule has 0 aromatic carbocycles. The van der Waals surface area contributed by atoms with E-state index in [1.54, 1.807) is 17.8 Å². The number of carbonyl (C=O) groups excluding carboxylic acids is 1. The van der Waals surface area contributed by atoms with E-state index in [1.807, 2.05) is 17.2 Å². The van der Waals surface area contributed by atoms with Crippen LogP contribution in [-0.4, -0.2) is 40.9 Å². The van der Waals surface area contributed by atoms with E-state index < -0.39 is 5.60 Å². The highest BCUT2D eigenvalue weighted by Crippen LogP contribution is 2.40. The average molecular weight is 309 g/mol. The van der Waals surface area contributed by atoms with Crippen molar-refractivity contribution in [1.82, 2.24) is 4.90 Å². The van der Waals surface area contributed by atoms with Crippen LogP contribution in [0.4, 0.5) is 0 Å². The predicted octanol–water partition coefficient (Wildman–Crippen LogP) is 2.91. The van der Waals surface area contributed by atoms with Crippen LogP contribution in [0.1, 0.15) is 48.4 Å². The zero-order chi connectivity index (χ0) is 14.9. The molecule has 2 fully saturated rings. The first-order chi connectivity index (χ1) is 10.1. The summed E-state index contributed by atoms with van der Waals surface area (Å²) < 4.78 is 5.63. The molecule has 1 amide bonds. The van der Waals surface area contributed by atoms with Gasteiger partial charge in [0.1, 0.15) is 5.76 Å². The normalized spacial score (nSPS) is 29.2. The molecule has 2 aliphatic rings. The molecule has 0 bridgehead atoms. The molecule has 1 aliphatic heterocycles. The van der Waals surface area contributed by atoms with Crippen molar-refractivity contribution in [3.8, 4) is 0 Å². The summed E-state index contributed by atoms with van der Waals surface area (Å²) in [5.41, 5.74) is -0.539. The summed E-state index contributed by atoms with van der Waals surface area (Å²) in [7, 11) is 0. The molecule has 116 valence electrons. The van der Waals surface area contributed by atoms with Crippen LogP contribution < -0.4 is 0 Å². The van der Waals surface area contributed by atoms with Crippen molar-refractivity contribution in [3.63, 3.8) is 0 Å². The van der Waals surface area contributed by atoms with Crippen LogP contribution in [0.25, 0.3) is 0 Å². The second-order valence-electron chi connectivity index (χ2n) is 6.25. The molecule has 0 spiro atoms. The number of carbonyl (C=O) groups is 1. The number of hydrogen-bond donors (Lipinski definition) is 1. The number of likely N-dealkylation sites (tertiary alicyclic amines) is 1. The fourth-order valence-electron chi connectivity index (χ4n) is 3.62. The number of fused-ring (bicyclic) bond motifs is 1. The van der Waals surface area contributed by atoms with Crippen LogP contribution in [0.3, 0.4) is 0 Å². The van der Waals surface area contributed by atoms with Crippen molar-refractivity contribution in [2.45, 2.75) is 43.5 Å². The first-order valence-electron chi connectivity index (χ1n) is 7.72. The quantitative estimate of drug-likeness (QED) is 0.933. The minimum atomic E-state index is -0.539. The van der Waals surface area contributed by atoms with E-state index in [-0.39, 0.29) is 11.8 Å². The second kappa shape index (κ2) is 6.05. The van der Waals surface area contributed by atoms with Gasteiger partial charge in [-0.3, -0.25) is 4.79 Å². The van der Waals surface area contributed by atoms with Gasteiger partial charge in [0, 0.05) is 19.0 Å². The van der Waals surface area contributed by atoms with E-state index in [1.165, 1.54) is 0 Å². The Bertz CT molecular complexity index is 515. The molecule has 1 N–H and O–H groups in total. The topological polar surface area (TPSA) is 53.7 Å². The highest BCUT2D eigenvalue weighted by molar-refractivity contribution is 7.97. The molecule has 1 saturated heterocycles. The Morgan fingerprint density at radius 1 is 1.48 bits per heavy atom. The zero-order valence-electron chi connectivity index (χ0n) is 12.5. The molecule has 5 heteroatoms. The number of thioether (sulfide) groups is 1. The van der Waals surface area contributed by atoms with Gasteiger partial charge in [-0.1, -0.05) is 12.8 Å². The molecule has 1 aromatic rings. The third-order valence-electron chi connectivity index (χ3n) is 4.87. The van der Waals surface area contributed by atoms with Gasteiger partial charge in [0.15, 0.2) is 5.76 Å². The SMILES string of the molecule is CSCc1ccc(C(=O)N2CCC3(O)CCCCC3C2)o1. The first kappa shape index (κ1) is 15.0. The molecule has 1 aromatic heterocycles. The zero-order valence-corrected chi connectivity index (χ0v) is 13.3. The maximum atomic E-state index is 12.5. The fourth-order valence-corrected chi connectivity index (χ4v) is 4.06. The summed E-state index contributed by atoms with van der Waals surface area (Å²) in [6.45, 7) is 1.29. The monoisotopic (exact) mass is 309 g/mol. The first-order valence-corrected chi connectivity index (χ1v) is 9.11. The van der Waals surface area contributed by atoms with Crippen molar-refractivity contribution in [3.05, 3.63) is 23.7 Å². The Balaban J connectivity index is 1.68. The standard InChI is InChI=1S/C16H23NO3S/c1-21-11-13-5-6-14(20-13)15(18)17-9-8-16(19)7-3-2-4-12(16)10-17/h5-6,12,19H,2-4,7-11H2,1H3. The third kappa shape index (κ3) is 2.99. The van der Waals surface area contributed by atoms with E-state index in [4.69, 9.17) is 4.42 Å². The lowest BCUT2D eigenvalue weighted by molar-refractivity contribution is -0.0889. The number of furan rings is 1. The Hall–Kier alpha value is -0.940. The van der Waals surface area contributed by atoms with E-state index in [9.17, 15) is 9.90 Å². The highest BCUT2D eigenvalue weighted by atomic mass is 32.2. The van der Waals surface area contributed by atoms with E-state index in [0.29, 0.717) is 25.3 Å². The summed E-state index contributed by atoms with van der Waals surface area (Å²) in [5.74, 6) is 2.26. The Morgan fingerprint density at radius 2 is 2.33 bits per heavy atom. The van der Waals surface area contributed by atoms with Gasteiger partial charge < -0.3 is 14.4 Å². The maximum Gasteiger partial charge on any atom is 0.289 e. The Kier molecular flexibility index (Phi) is 4.31. The van der Waals surface area contributed by atoms with Gasteiger partial charge in [0.05, 0.1) is 11.4 Å². The van der Waals surface area contributed by atoms with Crippen molar-refractivity contribution in [2.24, 2.45) is 5.92 Å². The van der Waals surface area contributed by atoms with Crippen LogP contribution in [0, 0.1) is 5.92 Å². The smallest absolute Gasteiger partial charge is 0.289 e. The number of aliphatic hydroxyl groups is 1. The van der Waals surface area contributed by atoms with Crippen LogP contribution in [0.2, 0.25) is 0 Å². The summed E-state index contributed by atoms with van der Waals surface area (Å²) in [5, 5.41) is 10.7. The van der Waals surface area contributed by atoms with E-state index >= 15 is 0 Å². The molecule has 2 unspecified atom stereocenters. The number of nitrogens with zero attached hydrogens (tertiary/aromatic N) is 1. The average Bonchev–Trinajstić information content (AvgIpc) is 2.94. The highest BCUT2D eigenvalue weighted by Gasteiger charge is 2.44. The predicted molar refractivity (Wildman–Crippen MR) is 83.4 cm³/mol. The van der Waals surface area contributed by atoms with Gasteiger partial charge in [-0.15, -0.1) is 0 Å². The fraction of sp³-hybridized carbons (Fsp3) is 0.688. The maximum absolute atomic E-state index is 12.5. The lowest BCUT2D eigenvalue weighted by Gasteiger charge is -2.47.